The Bertz CT molecular complexity index is 187. The second kappa shape index (κ2) is 7.86. The third-order valence-electron chi connectivity index (χ3n) is 3.58. The molecule has 0 heterocycles. The number of unbranched alkanes of at least 4 members (excludes halogenated alkanes) is 1. The molecule has 94 valence electrons. The lowest BCUT2D eigenvalue weighted by Crippen LogP contribution is -2.37. The monoisotopic (exact) mass is 225 g/mol. The summed E-state index contributed by atoms with van der Waals surface area (Å²) in [6.45, 7) is 6.71. The third-order valence-corrected chi connectivity index (χ3v) is 3.58. The van der Waals surface area contributed by atoms with Gasteiger partial charge in [-0.3, -0.25) is 0 Å². The molecule has 0 spiro atoms. The highest BCUT2D eigenvalue weighted by Crippen LogP contribution is 2.34. The van der Waals surface area contributed by atoms with E-state index in [1.165, 1.54) is 32.1 Å². The molecule has 0 amide bonds. The van der Waals surface area contributed by atoms with Crippen LogP contribution in [0.3, 0.4) is 0 Å². The normalized spacial score (nSPS) is 26.1. The molecule has 1 rings (SSSR count). The van der Waals surface area contributed by atoms with Crippen molar-refractivity contribution in [2.45, 2.75) is 57.6 Å². The van der Waals surface area contributed by atoms with Crippen molar-refractivity contribution >= 4 is 0 Å². The standard InChI is InChI=1S/C14H27NO/c1-4-6-7-8-13(15-3)9-12-10-14(11-12)16-5-2/h4,12-15H,1,5-11H2,2-3H3. The molecule has 0 aromatic heterocycles. The van der Waals surface area contributed by atoms with E-state index in [1.807, 2.05) is 6.08 Å². The molecule has 0 saturated heterocycles. The molecule has 0 aromatic carbocycles. The predicted octanol–water partition coefficient (Wildman–Crippen LogP) is 3.14. The third kappa shape index (κ3) is 4.67. The zero-order valence-corrected chi connectivity index (χ0v) is 10.9. The van der Waals surface area contributed by atoms with E-state index in [4.69, 9.17) is 4.74 Å². The summed E-state index contributed by atoms with van der Waals surface area (Å²) >= 11 is 0. The van der Waals surface area contributed by atoms with Crippen molar-refractivity contribution in [3.63, 3.8) is 0 Å². The number of hydrogen-bond acceptors (Lipinski definition) is 2. The minimum absolute atomic E-state index is 0.556. The maximum Gasteiger partial charge on any atom is 0.0580 e. The van der Waals surface area contributed by atoms with Crippen LogP contribution in [0.25, 0.3) is 0 Å². The largest absolute Gasteiger partial charge is 0.378 e. The van der Waals surface area contributed by atoms with Gasteiger partial charge in [0, 0.05) is 12.6 Å². The molecule has 0 aliphatic heterocycles. The molecule has 1 N–H and O–H groups in total. The fourth-order valence-corrected chi connectivity index (χ4v) is 2.53. The van der Waals surface area contributed by atoms with Gasteiger partial charge in [-0.1, -0.05) is 6.08 Å². The van der Waals surface area contributed by atoms with Crippen molar-refractivity contribution in [2.75, 3.05) is 13.7 Å². The second-order valence-corrected chi connectivity index (χ2v) is 4.86. The minimum Gasteiger partial charge on any atom is -0.378 e. The first-order valence-electron chi connectivity index (χ1n) is 6.69. The zero-order chi connectivity index (χ0) is 11.8. The van der Waals surface area contributed by atoms with Crippen LogP contribution in [-0.2, 0) is 4.74 Å². The van der Waals surface area contributed by atoms with E-state index in [0.717, 1.165) is 18.9 Å². The Morgan fingerprint density at radius 2 is 2.25 bits per heavy atom. The molecule has 0 radical (unpaired) electrons. The highest BCUT2D eigenvalue weighted by Gasteiger charge is 2.30. The first kappa shape index (κ1) is 13.7. The van der Waals surface area contributed by atoms with E-state index in [1.54, 1.807) is 0 Å². The van der Waals surface area contributed by atoms with Gasteiger partial charge in [-0.05, 0) is 58.4 Å². The Morgan fingerprint density at radius 3 is 2.81 bits per heavy atom. The fraction of sp³-hybridized carbons (Fsp3) is 0.857. The van der Waals surface area contributed by atoms with Gasteiger partial charge in [-0.25, -0.2) is 0 Å². The number of hydrogen-bond donors (Lipinski definition) is 1. The van der Waals surface area contributed by atoms with Crippen molar-refractivity contribution < 1.29 is 4.74 Å². The van der Waals surface area contributed by atoms with Crippen LogP contribution in [-0.4, -0.2) is 25.8 Å². The molecule has 0 bridgehead atoms. The highest BCUT2D eigenvalue weighted by molar-refractivity contribution is 4.84. The zero-order valence-electron chi connectivity index (χ0n) is 10.9. The number of allylic oxidation sites excluding steroid dienone is 1. The maximum atomic E-state index is 5.59. The summed E-state index contributed by atoms with van der Waals surface area (Å²) in [6, 6.07) is 0.688. The maximum absolute atomic E-state index is 5.59. The summed E-state index contributed by atoms with van der Waals surface area (Å²) in [6.07, 6.45) is 10.1. The molecule has 1 saturated carbocycles. The first-order chi connectivity index (χ1) is 7.80. The summed E-state index contributed by atoms with van der Waals surface area (Å²) in [5, 5.41) is 3.43. The number of nitrogens with one attached hydrogen (secondary N) is 1. The molecule has 1 atom stereocenters. The van der Waals surface area contributed by atoms with E-state index in [9.17, 15) is 0 Å². The van der Waals surface area contributed by atoms with E-state index >= 15 is 0 Å². The first-order valence-corrected chi connectivity index (χ1v) is 6.69. The molecule has 2 nitrogen and oxygen atoms in total. The van der Waals surface area contributed by atoms with E-state index < -0.39 is 0 Å². The second-order valence-electron chi connectivity index (χ2n) is 4.86. The van der Waals surface area contributed by atoms with Crippen LogP contribution in [0.2, 0.25) is 0 Å². The molecule has 2 heteroatoms. The molecule has 16 heavy (non-hydrogen) atoms. The van der Waals surface area contributed by atoms with Crippen LogP contribution in [0.4, 0.5) is 0 Å². The number of rotatable bonds is 9. The van der Waals surface area contributed by atoms with Crippen LogP contribution in [0.1, 0.15) is 45.4 Å². The van der Waals surface area contributed by atoms with Gasteiger partial charge in [0.2, 0.25) is 0 Å². The Hall–Kier alpha value is -0.340. The van der Waals surface area contributed by atoms with Gasteiger partial charge in [0.1, 0.15) is 0 Å². The quantitative estimate of drug-likeness (QED) is 0.481. The van der Waals surface area contributed by atoms with Gasteiger partial charge in [-0.2, -0.15) is 0 Å². The van der Waals surface area contributed by atoms with Crippen LogP contribution < -0.4 is 5.32 Å². The van der Waals surface area contributed by atoms with E-state index in [-0.39, 0.29) is 0 Å². The average molecular weight is 225 g/mol. The van der Waals surface area contributed by atoms with Crippen molar-refractivity contribution in [3.05, 3.63) is 12.7 Å². The molecule has 1 aliphatic carbocycles. The number of ether oxygens (including phenoxy) is 1. The molecular formula is C14H27NO. The van der Waals surface area contributed by atoms with Crippen LogP contribution >= 0.6 is 0 Å². The van der Waals surface area contributed by atoms with Crippen LogP contribution in [0.5, 0.6) is 0 Å². The predicted molar refractivity (Wildman–Crippen MR) is 69.7 cm³/mol. The Labute approximate surface area is 100 Å². The SMILES string of the molecule is C=CCCCC(CC1CC(OCC)C1)NC. The van der Waals surface area contributed by atoms with Gasteiger partial charge < -0.3 is 10.1 Å². The highest BCUT2D eigenvalue weighted by atomic mass is 16.5. The van der Waals surface area contributed by atoms with Crippen LogP contribution in [0.15, 0.2) is 12.7 Å². The lowest BCUT2D eigenvalue weighted by molar-refractivity contribution is -0.0290. The fourth-order valence-electron chi connectivity index (χ4n) is 2.53. The van der Waals surface area contributed by atoms with Gasteiger partial charge in [0.15, 0.2) is 0 Å². The van der Waals surface area contributed by atoms with Crippen molar-refractivity contribution in [3.8, 4) is 0 Å². The van der Waals surface area contributed by atoms with Crippen molar-refractivity contribution in [1.29, 1.82) is 0 Å². The van der Waals surface area contributed by atoms with E-state index in [0.29, 0.717) is 12.1 Å². The molecule has 0 aromatic rings. The van der Waals surface area contributed by atoms with E-state index in [2.05, 4.69) is 25.9 Å². The summed E-state index contributed by atoms with van der Waals surface area (Å²) < 4.78 is 5.59. The van der Waals surface area contributed by atoms with Gasteiger partial charge >= 0.3 is 0 Å². The molecule has 1 unspecified atom stereocenters. The van der Waals surface area contributed by atoms with Crippen molar-refractivity contribution in [1.82, 2.24) is 5.32 Å². The smallest absolute Gasteiger partial charge is 0.0580 e. The Balaban J connectivity index is 2.08. The van der Waals surface area contributed by atoms with Crippen LogP contribution in [0, 0.1) is 5.92 Å². The Kier molecular flexibility index (Phi) is 6.74. The molecule has 1 aliphatic rings. The lowest BCUT2D eigenvalue weighted by atomic mass is 9.77. The minimum atomic E-state index is 0.556. The summed E-state index contributed by atoms with van der Waals surface area (Å²) in [5.41, 5.74) is 0. The average Bonchev–Trinajstić information content (AvgIpc) is 2.24. The van der Waals surface area contributed by atoms with Gasteiger partial charge in [0.25, 0.3) is 0 Å². The summed E-state index contributed by atoms with van der Waals surface area (Å²) in [7, 11) is 2.08. The summed E-state index contributed by atoms with van der Waals surface area (Å²) in [4.78, 5) is 0. The molecular weight excluding hydrogens is 198 g/mol. The molecule has 1 fully saturated rings. The Morgan fingerprint density at radius 1 is 1.50 bits per heavy atom. The van der Waals surface area contributed by atoms with Gasteiger partial charge in [-0.15, -0.1) is 6.58 Å². The summed E-state index contributed by atoms with van der Waals surface area (Å²) in [5.74, 6) is 0.887. The topological polar surface area (TPSA) is 21.3 Å². The lowest BCUT2D eigenvalue weighted by Gasteiger charge is -2.37. The van der Waals surface area contributed by atoms with Crippen molar-refractivity contribution in [2.24, 2.45) is 5.92 Å². The van der Waals surface area contributed by atoms with Gasteiger partial charge in [0.05, 0.1) is 6.10 Å².